The van der Waals surface area contributed by atoms with Crippen LogP contribution in [-0.2, 0) is 0 Å². The number of hydrogen-bond acceptors (Lipinski definition) is 7. The number of rotatable bonds is 6. The van der Waals surface area contributed by atoms with E-state index in [0.717, 1.165) is 6.07 Å². The van der Waals surface area contributed by atoms with Crippen molar-refractivity contribution in [1.82, 2.24) is 0 Å². The number of esters is 1. The normalized spacial score (nSPS) is 11.8. The highest BCUT2D eigenvalue weighted by atomic mass is 19.2. The molecule has 1 aromatic heterocycles. The minimum absolute atomic E-state index is 0.0574. The first kappa shape index (κ1) is 24.4. The van der Waals surface area contributed by atoms with Crippen molar-refractivity contribution < 1.29 is 41.2 Å². The lowest BCUT2D eigenvalue weighted by Crippen LogP contribution is -2.20. The van der Waals surface area contributed by atoms with E-state index < -0.39 is 57.2 Å². The molecule has 0 aliphatic heterocycles. The topological polar surface area (TPSA) is 109 Å². The van der Waals surface area contributed by atoms with Gasteiger partial charge in [0.05, 0.1) is 10.5 Å². The van der Waals surface area contributed by atoms with E-state index in [-0.39, 0.29) is 28.5 Å². The lowest BCUT2D eigenvalue weighted by Gasteiger charge is -2.15. The van der Waals surface area contributed by atoms with Crippen LogP contribution in [0.1, 0.15) is 28.9 Å². The Morgan fingerprint density at radius 1 is 1.00 bits per heavy atom. The predicted molar refractivity (Wildman–Crippen MR) is 116 cm³/mol. The SMILES string of the molecule is CC(Oc1ccc2cc(C(=O)Oc3c(F)c(F)cc(F)c3F)c(=O)oc2c1)c1ccccc1[N+](=O)[O-]. The van der Waals surface area contributed by atoms with E-state index in [1.165, 1.54) is 36.4 Å². The number of nitro benzene ring substituents is 1. The standard InChI is InChI=1S/C24H13F4NO7/c1-11(14-4-2-3-5-18(14)29(32)33)34-13-7-6-12-8-15(23(30)35-19(12)9-13)24(31)36-22-20(27)16(25)10-17(26)21(22)28/h2-11H,1H3. The van der Waals surface area contributed by atoms with E-state index in [4.69, 9.17) is 9.15 Å². The van der Waals surface area contributed by atoms with Crippen LogP contribution >= 0.6 is 0 Å². The molecule has 1 unspecified atom stereocenters. The van der Waals surface area contributed by atoms with E-state index in [1.807, 2.05) is 0 Å². The van der Waals surface area contributed by atoms with Gasteiger partial charge in [-0.3, -0.25) is 10.1 Å². The monoisotopic (exact) mass is 503 g/mol. The minimum atomic E-state index is -1.96. The summed E-state index contributed by atoms with van der Waals surface area (Å²) in [6, 6.07) is 11.0. The molecular weight excluding hydrogens is 490 g/mol. The summed E-state index contributed by atoms with van der Waals surface area (Å²) in [5.41, 5.74) is -1.97. The molecule has 1 heterocycles. The lowest BCUT2D eigenvalue weighted by molar-refractivity contribution is -0.386. The van der Waals surface area contributed by atoms with Crippen molar-refractivity contribution in [1.29, 1.82) is 0 Å². The van der Waals surface area contributed by atoms with Crippen LogP contribution in [-0.4, -0.2) is 10.9 Å². The quantitative estimate of drug-likeness (QED) is 0.0639. The molecule has 0 aliphatic rings. The molecule has 0 fully saturated rings. The fourth-order valence-electron chi connectivity index (χ4n) is 3.36. The highest BCUT2D eigenvalue weighted by Gasteiger charge is 2.26. The van der Waals surface area contributed by atoms with Gasteiger partial charge in [0.2, 0.25) is 17.4 Å². The zero-order valence-electron chi connectivity index (χ0n) is 18.1. The Balaban J connectivity index is 1.62. The smallest absolute Gasteiger partial charge is 0.351 e. The molecule has 36 heavy (non-hydrogen) atoms. The molecule has 184 valence electrons. The number of nitrogens with zero attached hydrogens (tertiary/aromatic N) is 1. The maximum atomic E-state index is 13.8. The summed E-state index contributed by atoms with van der Waals surface area (Å²) in [5.74, 6) is -10.6. The molecule has 1 atom stereocenters. The fraction of sp³-hybridized carbons (Fsp3) is 0.0833. The number of ether oxygens (including phenoxy) is 2. The Hall–Kier alpha value is -4.74. The number of carbonyl (C=O) groups is 1. The lowest BCUT2D eigenvalue weighted by atomic mass is 10.1. The van der Waals surface area contributed by atoms with Gasteiger partial charge in [-0.1, -0.05) is 12.1 Å². The van der Waals surface area contributed by atoms with Crippen molar-refractivity contribution in [2.75, 3.05) is 0 Å². The number of halogens is 4. The Kier molecular flexibility index (Phi) is 6.43. The second kappa shape index (κ2) is 9.49. The average Bonchev–Trinajstić information content (AvgIpc) is 2.84. The zero-order chi connectivity index (χ0) is 26.1. The Morgan fingerprint density at radius 2 is 1.67 bits per heavy atom. The highest BCUT2D eigenvalue weighted by molar-refractivity contribution is 5.94. The number of hydrogen-bond donors (Lipinski definition) is 0. The van der Waals surface area contributed by atoms with Gasteiger partial charge in [-0.05, 0) is 31.2 Å². The number of para-hydroxylation sites is 1. The van der Waals surface area contributed by atoms with Gasteiger partial charge in [-0.15, -0.1) is 0 Å². The van der Waals surface area contributed by atoms with Crippen molar-refractivity contribution in [3.05, 3.63) is 110 Å². The second-order valence-electron chi connectivity index (χ2n) is 7.41. The number of fused-ring (bicyclic) bond motifs is 1. The third kappa shape index (κ3) is 4.60. The van der Waals surface area contributed by atoms with Crippen LogP contribution < -0.4 is 15.1 Å². The van der Waals surface area contributed by atoms with Gasteiger partial charge >= 0.3 is 11.6 Å². The highest BCUT2D eigenvalue weighted by Crippen LogP contribution is 2.31. The summed E-state index contributed by atoms with van der Waals surface area (Å²) in [4.78, 5) is 35.3. The third-order valence-electron chi connectivity index (χ3n) is 5.08. The van der Waals surface area contributed by atoms with Gasteiger partial charge in [0.15, 0.2) is 11.6 Å². The molecule has 0 N–H and O–H groups in total. The molecule has 0 radical (unpaired) electrons. The molecule has 0 aliphatic carbocycles. The summed E-state index contributed by atoms with van der Waals surface area (Å²) in [5, 5.41) is 11.4. The van der Waals surface area contributed by atoms with E-state index in [2.05, 4.69) is 4.74 Å². The number of nitro groups is 1. The van der Waals surface area contributed by atoms with Crippen LogP contribution in [0.2, 0.25) is 0 Å². The van der Waals surface area contributed by atoms with E-state index in [9.17, 15) is 37.3 Å². The van der Waals surface area contributed by atoms with Crippen LogP contribution in [0, 0.1) is 33.4 Å². The van der Waals surface area contributed by atoms with Gasteiger partial charge < -0.3 is 13.9 Å². The van der Waals surface area contributed by atoms with Gasteiger partial charge in [-0.25, -0.2) is 18.4 Å². The molecule has 0 saturated heterocycles. The van der Waals surface area contributed by atoms with E-state index in [0.29, 0.717) is 5.56 Å². The van der Waals surface area contributed by atoms with Gasteiger partial charge in [0.1, 0.15) is 23.0 Å². The summed E-state index contributed by atoms with van der Waals surface area (Å²) in [6.07, 6.45) is -0.763. The van der Waals surface area contributed by atoms with E-state index in [1.54, 1.807) is 13.0 Å². The number of benzene rings is 3. The van der Waals surface area contributed by atoms with Crippen LogP contribution in [0.25, 0.3) is 11.0 Å². The first-order valence-electron chi connectivity index (χ1n) is 10.1. The van der Waals surface area contributed by atoms with Gasteiger partial charge in [0.25, 0.3) is 5.69 Å². The molecule has 0 amide bonds. The Bertz CT molecular complexity index is 1560. The summed E-state index contributed by atoms with van der Waals surface area (Å²) >= 11 is 0. The molecule has 4 aromatic rings. The van der Waals surface area contributed by atoms with Crippen LogP contribution in [0.4, 0.5) is 23.2 Å². The molecule has 0 saturated carbocycles. The molecule has 3 aromatic carbocycles. The summed E-state index contributed by atoms with van der Waals surface area (Å²) in [6.45, 7) is 1.58. The largest absolute Gasteiger partial charge is 0.486 e. The van der Waals surface area contributed by atoms with Crippen LogP contribution in [0.15, 0.2) is 63.8 Å². The predicted octanol–water partition coefficient (Wildman–Crippen LogP) is 5.62. The maximum absolute atomic E-state index is 13.8. The van der Waals surface area contributed by atoms with E-state index >= 15 is 0 Å². The van der Waals surface area contributed by atoms with Crippen LogP contribution in [0.5, 0.6) is 11.5 Å². The van der Waals surface area contributed by atoms with Crippen molar-refractivity contribution in [3.63, 3.8) is 0 Å². The van der Waals surface area contributed by atoms with Crippen LogP contribution in [0.3, 0.4) is 0 Å². The van der Waals surface area contributed by atoms with Crippen molar-refractivity contribution in [3.8, 4) is 11.5 Å². The first-order chi connectivity index (χ1) is 17.1. The molecule has 0 bridgehead atoms. The Morgan fingerprint density at radius 3 is 2.33 bits per heavy atom. The third-order valence-corrected chi connectivity index (χ3v) is 5.08. The molecule has 4 rings (SSSR count). The second-order valence-corrected chi connectivity index (χ2v) is 7.41. The van der Waals surface area contributed by atoms with Crippen molar-refractivity contribution in [2.24, 2.45) is 0 Å². The van der Waals surface area contributed by atoms with Gasteiger partial charge in [0, 0.05) is 23.6 Å². The fourth-order valence-corrected chi connectivity index (χ4v) is 3.36. The molecule has 12 heteroatoms. The van der Waals surface area contributed by atoms with Crippen molar-refractivity contribution >= 4 is 22.6 Å². The summed E-state index contributed by atoms with van der Waals surface area (Å²) < 4.78 is 69.5. The maximum Gasteiger partial charge on any atom is 0.351 e. The first-order valence-corrected chi connectivity index (χ1v) is 10.1. The van der Waals surface area contributed by atoms with Crippen molar-refractivity contribution in [2.45, 2.75) is 13.0 Å². The summed E-state index contributed by atoms with van der Waals surface area (Å²) in [7, 11) is 0. The van der Waals surface area contributed by atoms with Gasteiger partial charge in [-0.2, -0.15) is 8.78 Å². The zero-order valence-corrected chi connectivity index (χ0v) is 18.1. The molecule has 0 spiro atoms. The Labute approximate surface area is 198 Å². The average molecular weight is 503 g/mol. The minimum Gasteiger partial charge on any atom is -0.486 e. The molecule has 8 nitrogen and oxygen atoms in total. The number of carbonyl (C=O) groups excluding carboxylic acids is 1. The molecular formula is C24H13F4NO7.